The summed E-state index contributed by atoms with van der Waals surface area (Å²) in [4.78, 5) is 8.64. The summed E-state index contributed by atoms with van der Waals surface area (Å²) >= 11 is 0. The van der Waals surface area contributed by atoms with Gasteiger partial charge in [0.25, 0.3) is 0 Å². The van der Waals surface area contributed by atoms with Crippen molar-refractivity contribution in [3.05, 3.63) is 35.8 Å². The number of aryl methyl sites for hydroxylation is 2. The molecule has 0 atom stereocenters. The van der Waals surface area contributed by atoms with Crippen LogP contribution in [0.1, 0.15) is 11.4 Å². The molecule has 0 saturated heterocycles. The van der Waals surface area contributed by atoms with E-state index in [1.54, 1.807) is 6.20 Å². The minimum Gasteiger partial charge on any atom is -0.345 e. The Hall–Kier alpha value is -1.64. The summed E-state index contributed by atoms with van der Waals surface area (Å²) in [5.74, 6) is 0.792. The van der Waals surface area contributed by atoms with Gasteiger partial charge in [-0.2, -0.15) is 0 Å². The molecule has 0 fully saturated rings. The summed E-state index contributed by atoms with van der Waals surface area (Å²) in [6, 6.07) is 6.02. The molecule has 2 aromatic heterocycles. The van der Waals surface area contributed by atoms with Crippen molar-refractivity contribution in [1.82, 2.24) is 14.5 Å². The predicted molar refractivity (Wildman–Crippen MR) is 55.9 cm³/mol. The minimum atomic E-state index is 0.792. The van der Waals surface area contributed by atoms with Gasteiger partial charge in [0.15, 0.2) is 5.82 Å². The number of hydrogen-bond donors (Lipinski definition) is 0. The van der Waals surface area contributed by atoms with Gasteiger partial charge < -0.3 is 4.57 Å². The van der Waals surface area contributed by atoms with Gasteiger partial charge in [-0.3, -0.25) is 0 Å². The zero-order chi connectivity index (χ0) is 10.1. The molecule has 2 rings (SSSR count). The third-order valence-electron chi connectivity index (χ3n) is 2.40. The van der Waals surface area contributed by atoms with Gasteiger partial charge in [0.2, 0.25) is 0 Å². The maximum Gasteiger partial charge on any atom is 0.176 e. The summed E-state index contributed by atoms with van der Waals surface area (Å²) < 4.78 is 2.09. The maximum atomic E-state index is 4.39. The monoisotopic (exact) mass is 187 g/mol. The van der Waals surface area contributed by atoms with Crippen LogP contribution in [0.3, 0.4) is 0 Å². The molecule has 0 N–H and O–H groups in total. The van der Waals surface area contributed by atoms with Gasteiger partial charge in [0, 0.05) is 24.6 Å². The Morgan fingerprint density at radius 3 is 2.50 bits per heavy atom. The third-order valence-corrected chi connectivity index (χ3v) is 2.40. The van der Waals surface area contributed by atoms with E-state index in [0.717, 1.165) is 17.2 Å². The maximum absolute atomic E-state index is 4.39. The molecule has 0 aliphatic carbocycles. The lowest BCUT2D eigenvalue weighted by Gasteiger charge is -2.03. The molecular formula is C11H13N3. The molecule has 0 unspecified atom stereocenters. The fourth-order valence-electron chi connectivity index (χ4n) is 1.41. The van der Waals surface area contributed by atoms with E-state index in [2.05, 4.69) is 27.5 Å². The van der Waals surface area contributed by atoms with Crippen LogP contribution in [0.4, 0.5) is 0 Å². The van der Waals surface area contributed by atoms with Gasteiger partial charge in [-0.05, 0) is 32.0 Å². The quantitative estimate of drug-likeness (QED) is 0.684. The summed E-state index contributed by atoms with van der Waals surface area (Å²) in [5.41, 5.74) is 3.27. The molecule has 2 aromatic rings. The van der Waals surface area contributed by atoms with Crippen LogP contribution < -0.4 is 0 Å². The molecule has 0 amide bonds. The van der Waals surface area contributed by atoms with Crippen LogP contribution in [0, 0.1) is 13.8 Å². The molecule has 2 heterocycles. The van der Waals surface area contributed by atoms with Crippen molar-refractivity contribution >= 4 is 0 Å². The molecule has 0 aliphatic rings. The summed E-state index contributed by atoms with van der Waals surface area (Å²) in [7, 11) is 2.02. The Labute approximate surface area is 83.4 Å². The predicted octanol–water partition coefficient (Wildman–Crippen LogP) is 2.10. The highest BCUT2D eigenvalue weighted by atomic mass is 15.0. The van der Waals surface area contributed by atoms with E-state index in [9.17, 15) is 0 Å². The van der Waals surface area contributed by atoms with Crippen LogP contribution in [-0.4, -0.2) is 14.5 Å². The molecule has 0 aromatic carbocycles. The first-order valence-electron chi connectivity index (χ1n) is 4.61. The zero-order valence-electron chi connectivity index (χ0n) is 8.65. The number of aromatic nitrogens is 3. The molecule has 0 bridgehead atoms. The lowest BCUT2D eigenvalue weighted by molar-refractivity contribution is 0.877. The highest BCUT2D eigenvalue weighted by molar-refractivity contribution is 5.51. The van der Waals surface area contributed by atoms with Crippen molar-refractivity contribution in [2.24, 2.45) is 7.05 Å². The van der Waals surface area contributed by atoms with Crippen molar-refractivity contribution in [2.45, 2.75) is 13.8 Å². The molecule has 3 heteroatoms. The topological polar surface area (TPSA) is 30.7 Å². The van der Waals surface area contributed by atoms with Crippen molar-refractivity contribution in [3.63, 3.8) is 0 Å². The Morgan fingerprint density at radius 1 is 1.14 bits per heavy atom. The van der Waals surface area contributed by atoms with Gasteiger partial charge in [-0.15, -0.1) is 0 Å². The summed E-state index contributed by atoms with van der Waals surface area (Å²) in [5, 5.41) is 0. The Bertz CT molecular complexity index is 457. The van der Waals surface area contributed by atoms with Crippen LogP contribution in [0.15, 0.2) is 24.4 Å². The van der Waals surface area contributed by atoms with Crippen LogP contribution >= 0.6 is 0 Å². The fraction of sp³-hybridized carbons (Fsp3) is 0.273. The SMILES string of the molecule is Cc1ccnc(-c2ccc(C)n2C)n1. The smallest absolute Gasteiger partial charge is 0.176 e. The number of hydrogen-bond acceptors (Lipinski definition) is 2. The van der Waals surface area contributed by atoms with E-state index in [-0.39, 0.29) is 0 Å². The highest BCUT2D eigenvalue weighted by Gasteiger charge is 2.06. The van der Waals surface area contributed by atoms with E-state index in [0.29, 0.717) is 0 Å². The summed E-state index contributed by atoms with van der Waals surface area (Å²) in [6.07, 6.45) is 1.79. The van der Waals surface area contributed by atoms with Crippen molar-refractivity contribution in [1.29, 1.82) is 0 Å². The molecule has 72 valence electrons. The van der Waals surface area contributed by atoms with E-state index < -0.39 is 0 Å². The third kappa shape index (κ3) is 1.41. The second-order valence-electron chi connectivity index (χ2n) is 3.44. The van der Waals surface area contributed by atoms with Crippen LogP contribution in [0.25, 0.3) is 11.5 Å². The lowest BCUT2D eigenvalue weighted by Crippen LogP contribution is -1.98. The van der Waals surface area contributed by atoms with Crippen LogP contribution in [-0.2, 0) is 7.05 Å². The largest absolute Gasteiger partial charge is 0.345 e. The summed E-state index contributed by atoms with van der Waals surface area (Å²) in [6.45, 7) is 4.04. The van der Waals surface area contributed by atoms with Gasteiger partial charge in [0.1, 0.15) is 0 Å². The highest BCUT2D eigenvalue weighted by Crippen LogP contribution is 2.16. The van der Waals surface area contributed by atoms with Crippen molar-refractivity contribution in [3.8, 4) is 11.5 Å². The second-order valence-corrected chi connectivity index (χ2v) is 3.44. The first-order chi connectivity index (χ1) is 6.68. The molecule has 3 nitrogen and oxygen atoms in total. The van der Waals surface area contributed by atoms with Gasteiger partial charge in [-0.1, -0.05) is 0 Å². The first-order valence-corrected chi connectivity index (χ1v) is 4.61. The van der Waals surface area contributed by atoms with E-state index >= 15 is 0 Å². The number of rotatable bonds is 1. The molecule has 0 spiro atoms. The number of nitrogens with zero attached hydrogens (tertiary/aromatic N) is 3. The molecule has 0 saturated carbocycles. The fourth-order valence-corrected chi connectivity index (χ4v) is 1.41. The van der Waals surface area contributed by atoms with Crippen LogP contribution in [0.2, 0.25) is 0 Å². The van der Waals surface area contributed by atoms with Gasteiger partial charge in [-0.25, -0.2) is 9.97 Å². The first kappa shape index (κ1) is 8.94. The van der Waals surface area contributed by atoms with Crippen molar-refractivity contribution < 1.29 is 0 Å². The minimum absolute atomic E-state index is 0.792. The average molecular weight is 187 g/mol. The standard InChI is InChI=1S/C11H13N3/c1-8-6-7-12-11(13-8)10-5-4-9(2)14(10)3/h4-7H,1-3H3. The molecule has 14 heavy (non-hydrogen) atoms. The normalized spacial score (nSPS) is 10.5. The molecular weight excluding hydrogens is 174 g/mol. The molecule has 0 aliphatic heterocycles. The van der Waals surface area contributed by atoms with Gasteiger partial charge >= 0.3 is 0 Å². The second kappa shape index (κ2) is 3.25. The Kier molecular flexibility index (Phi) is 2.08. The van der Waals surface area contributed by atoms with E-state index in [1.165, 1.54) is 5.69 Å². The lowest BCUT2D eigenvalue weighted by atomic mass is 10.3. The van der Waals surface area contributed by atoms with E-state index in [4.69, 9.17) is 0 Å². The average Bonchev–Trinajstić information content (AvgIpc) is 2.48. The Morgan fingerprint density at radius 2 is 1.93 bits per heavy atom. The van der Waals surface area contributed by atoms with Gasteiger partial charge in [0.05, 0.1) is 5.69 Å². The molecule has 0 radical (unpaired) electrons. The Balaban J connectivity index is 2.55. The van der Waals surface area contributed by atoms with Crippen molar-refractivity contribution in [2.75, 3.05) is 0 Å². The van der Waals surface area contributed by atoms with E-state index in [1.807, 2.05) is 26.1 Å². The van der Waals surface area contributed by atoms with Crippen LogP contribution in [0.5, 0.6) is 0 Å². The zero-order valence-corrected chi connectivity index (χ0v) is 8.65.